The first-order chi connectivity index (χ1) is 20.0. The predicted molar refractivity (Wildman–Crippen MR) is 144 cm³/mol. The van der Waals surface area contributed by atoms with Crippen LogP contribution in [-0.2, 0) is 16.0 Å². The molecule has 1 saturated heterocycles. The number of hydrogen-bond acceptors (Lipinski definition) is 10. The molecule has 1 heterocycles. The molecule has 4 aliphatic rings. The fourth-order valence-corrected chi connectivity index (χ4v) is 7.54. The molecule has 0 saturated carbocycles. The Bertz CT molecular complexity index is 1470. The molecular formula is C29H34F3N3O8. The second-order valence-electron chi connectivity index (χ2n) is 11.9. The summed E-state index contributed by atoms with van der Waals surface area (Å²) < 4.78 is 46.1. The molecule has 1 fully saturated rings. The number of alkyl halides is 3. The van der Waals surface area contributed by atoms with Crippen LogP contribution in [0.15, 0.2) is 28.7 Å². The number of halogens is 3. The molecular weight excluding hydrogens is 575 g/mol. The van der Waals surface area contributed by atoms with E-state index in [2.05, 4.69) is 4.74 Å². The molecule has 0 spiro atoms. The van der Waals surface area contributed by atoms with Gasteiger partial charge in [0, 0.05) is 28.7 Å². The van der Waals surface area contributed by atoms with Crippen molar-refractivity contribution >= 4 is 17.5 Å². The van der Waals surface area contributed by atoms with Crippen molar-refractivity contribution in [2.75, 3.05) is 27.2 Å². The molecule has 1 amide bonds. The number of phenols is 1. The maximum atomic E-state index is 13.9. The number of ketones is 2. The van der Waals surface area contributed by atoms with Gasteiger partial charge in [0.1, 0.15) is 28.6 Å². The Morgan fingerprint density at radius 1 is 1.23 bits per heavy atom. The minimum absolute atomic E-state index is 0.0852. The molecule has 43 heavy (non-hydrogen) atoms. The number of ether oxygens (including phenoxy) is 1. The SMILES string of the molecule is CCCN1CCCC1c1cc(O)c2c(c1OC(F)(F)F)C[C@H]1C[C@H]3[C@H](N(C)C)C(O)=C(C(N)=O)C(=O)[C@@]3(O)C(O)=C1C2=O. The van der Waals surface area contributed by atoms with Crippen molar-refractivity contribution in [2.45, 2.75) is 63.1 Å². The summed E-state index contributed by atoms with van der Waals surface area (Å²) in [4.78, 5) is 42.8. The molecule has 0 radical (unpaired) electrons. The van der Waals surface area contributed by atoms with Crippen molar-refractivity contribution in [3.05, 3.63) is 45.4 Å². The van der Waals surface area contributed by atoms with Crippen molar-refractivity contribution in [3.8, 4) is 11.5 Å². The number of allylic oxidation sites excluding steroid dienone is 1. The fraction of sp³-hybridized carbons (Fsp3) is 0.552. The average Bonchev–Trinajstić information content (AvgIpc) is 3.34. The number of fused-ring (bicyclic) bond motifs is 3. The number of Topliss-reactive ketones (excluding diaryl/α,β-unsaturated/α-hetero) is 2. The third-order valence-electron chi connectivity index (χ3n) is 9.15. The highest BCUT2D eigenvalue weighted by Gasteiger charge is 2.63. The van der Waals surface area contributed by atoms with Gasteiger partial charge in [-0.3, -0.25) is 24.2 Å². The Balaban J connectivity index is 1.72. The van der Waals surface area contributed by atoms with Crippen LogP contribution in [0.5, 0.6) is 11.5 Å². The van der Waals surface area contributed by atoms with Crippen LogP contribution in [0, 0.1) is 11.8 Å². The Labute approximate surface area is 245 Å². The third kappa shape index (κ3) is 4.66. The van der Waals surface area contributed by atoms with Gasteiger partial charge in [0.25, 0.3) is 5.91 Å². The molecule has 0 bridgehead atoms. The summed E-state index contributed by atoms with van der Waals surface area (Å²) in [5.41, 5.74) is 0.410. The number of carbonyl (C=O) groups is 3. The normalized spacial score (nSPS) is 29.6. The quantitative estimate of drug-likeness (QED) is 0.302. The van der Waals surface area contributed by atoms with E-state index in [1.165, 1.54) is 19.0 Å². The van der Waals surface area contributed by atoms with Gasteiger partial charge >= 0.3 is 6.36 Å². The van der Waals surface area contributed by atoms with Crippen LogP contribution in [0.1, 0.15) is 60.1 Å². The van der Waals surface area contributed by atoms with E-state index < -0.39 is 93.1 Å². The van der Waals surface area contributed by atoms with Crippen molar-refractivity contribution in [1.82, 2.24) is 9.80 Å². The van der Waals surface area contributed by atoms with Crippen LogP contribution in [0.4, 0.5) is 13.2 Å². The highest BCUT2D eigenvalue weighted by atomic mass is 19.4. The predicted octanol–water partition coefficient (Wildman–Crippen LogP) is 2.57. The standard InChI is InChI=1S/C29H34F3N3O8/c1-4-7-35-8-5-6-16(35)13-11-17(36)19-14(24(13)43-29(30,31)32)9-12-10-15-21(34(2)3)23(38)20(27(33)41)26(40)28(15,42)25(39)18(12)22(19)37/h11-12,15-16,21,36,38-39,42H,4-10H2,1-3H3,(H2,33,41)/t12-,15-,16?,21-,28-/m0/s1. The van der Waals surface area contributed by atoms with Gasteiger partial charge in [-0.1, -0.05) is 6.92 Å². The minimum atomic E-state index is -5.13. The van der Waals surface area contributed by atoms with E-state index >= 15 is 0 Å². The molecule has 11 nitrogen and oxygen atoms in total. The number of nitrogens with zero attached hydrogens (tertiary/aromatic N) is 2. The summed E-state index contributed by atoms with van der Waals surface area (Å²) in [5.74, 6) is -9.25. The van der Waals surface area contributed by atoms with Gasteiger partial charge in [0.05, 0.1) is 11.6 Å². The number of carbonyl (C=O) groups excluding carboxylic acids is 3. The van der Waals surface area contributed by atoms with Crippen LogP contribution >= 0.6 is 0 Å². The average molecular weight is 610 g/mol. The van der Waals surface area contributed by atoms with Crippen molar-refractivity contribution in [3.63, 3.8) is 0 Å². The lowest BCUT2D eigenvalue weighted by Crippen LogP contribution is -2.63. The van der Waals surface area contributed by atoms with E-state index in [4.69, 9.17) is 5.73 Å². The number of phenolic OH excluding ortho intramolecular Hbond substituents is 1. The van der Waals surface area contributed by atoms with Crippen molar-refractivity contribution < 1.29 is 52.7 Å². The highest BCUT2D eigenvalue weighted by molar-refractivity contribution is 6.24. The van der Waals surface area contributed by atoms with Gasteiger partial charge in [0.2, 0.25) is 5.78 Å². The number of primary amides is 1. The molecule has 14 heteroatoms. The maximum absolute atomic E-state index is 13.9. The van der Waals surface area contributed by atoms with Gasteiger partial charge in [0.15, 0.2) is 11.4 Å². The van der Waals surface area contributed by atoms with Crippen LogP contribution in [0.2, 0.25) is 0 Å². The summed E-state index contributed by atoms with van der Waals surface area (Å²) in [6.45, 7) is 3.17. The number of amides is 1. The molecule has 0 aromatic heterocycles. The lowest BCUT2D eigenvalue weighted by Gasteiger charge is -2.50. The molecule has 1 aromatic rings. The molecule has 3 aliphatic carbocycles. The molecule has 234 valence electrons. The number of likely N-dealkylation sites (N-methyl/N-ethyl adjacent to an activating group) is 1. The first-order valence-electron chi connectivity index (χ1n) is 14.1. The monoisotopic (exact) mass is 609 g/mol. The maximum Gasteiger partial charge on any atom is 0.573 e. The number of rotatable bonds is 6. The fourth-order valence-electron chi connectivity index (χ4n) is 7.54. The third-order valence-corrected chi connectivity index (χ3v) is 9.15. The van der Waals surface area contributed by atoms with E-state index in [1.807, 2.05) is 11.8 Å². The van der Waals surface area contributed by atoms with Gasteiger partial charge < -0.3 is 30.9 Å². The number of benzene rings is 1. The summed E-state index contributed by atoms with van der Waals surface area (Å²) in [6.07, 6.45) is -3.75. The molecule has 1 aromatic carbocycles. The summed E-state index contributed by atoms with van der Waals surface area (Å²) >= 11 is 0. The highest BCUT2D eigenvalue weighted by Crippen LogP contribution is 2.55. The molecule has 1 aliphatic heterocycles. The van der Waals surface area contributed by atoms with E-state index in [0.29, 0.717) is 25.9 Å². The van der Waals surface area contributed by atoms with Gasteiger partial charge in [-0.05, 0) is 71.3 Å². The van der Waals surface area contributed by atoms with E-state index in [1.54, 1.807) is 0 Å². The first-order valence-corrected chi connectivity index (χ1v) is 14.1. The summed E-state index contributed by atoms with van der Waals surface area (Å²) in [5, 5.41) is 45.0. The van der Waals surface area contributed by atoms with E-state index in [-0.39, 0.29) is 24.0 Å². The zero-order chi connectivity index (χ0) is 31.8. The van der Waals surface area contributed by atoms with Crippen LogP contribution in [-0.4, -0.2) is 92.9 Å². The largest absolute Gasteiger partial charge is 0.573 e. The van der Waals surface area contributed by atoms with Gasteiger partial charge in [-0.25, -0.2) is 0 Å². The molecule has 1 unspecified atom stereocenters. The number of aromatic hydroxyl groups is 1. The number of nitrogens with two attached hydrogens (primary N) is 1. The second kappa shape index (κ2) is 10.5. The summed E-state index contributed by atoms with van der Waals surface area (Å²) in [7, 11) is 2.97. The van der Waals surface area contributed by atoms with Crippen LogP contribution < -0.4 is 10.5 Å². The Hall–Kier alpha value is -3.62. The Morgan fingerprint density at radius 3 is 2.49 bits per heavy atom. The van der Waals surface area contributed by atoms with Gasteiger partial charge in [-0.2, -0.15) is 0 Å². The van der Waals surface area contributed by atoms with E-state index in [9.17, 15) is 48.0 Å². The number of likely N-dealkylation sites (tertiary alicyclic amines) is 1. The zero-order valence-corrected chi connectivity index (χ0v) is 23.9. The molecule has 6 N–H and O–H groups in total. The van der Waals surface area contributed by atoms with Crippen molar-refractivity contribution in [2.24, 2.45) is 17.6 Å². The van der Waals surface area contributed by atoms with E-state index in [0.717, 1.165) is 12.5 Å². The first kappa shape index (κ1) is 30.8. The number of aliphatic hydroxyl groups excluding tert-OH is 2. The second-order valence-corrected chi connectivity index (χ2v) is 11.9. The van der Waals surface area contributed by atoms with Crippen LogP contribution in [0.3, 0.4) is 0 Å². The summed E-state index contributed by atoms with van der Waals surface area (Å²) in [6, 6.07) is -0.653. The lowest BCUT2D eigenvalue weighted by atomic mass is 9.58. The number of aliphatic hydroxyl groups is 3. The molecule has 5 atom stereocenters. The zero-order valence-electron chi connectivity index (χ0n) is 23.9. The van der Waals surface area contributed by atoms with Crippen LogP contribution in [0.25, 0.3) is 0 Å². The topological polar surface area (TPSA) is 174 Å². The lowest BCUT2D eigenvalue weighted by molar-refractivity contribution is -0.275. The molecule has 5 rings (SSSR count). The number of hydrogen-bond donors (Lipinski definition) is 5. The smallest absolute Gasteiger partial charge is 0.510 e. The Kier molecular flexibility index (Phi) is 7.55. The van der Waals surface area contributed by atoms with Gasteiger partial charge in [-0.15, -0.1) is 13.2 Å². The van der Waals surface area contributed by atoms with Crippen molar-refractivity contribution in [1.29, 1.82) is 0 Å². The minimum Gasteiger partial charge on any atom is -0.510 e. The Morgan fingerprint density at radius 2 is 1.91 bits per heavy atom.